The first-order chi connectivity index (χ1) is 6.47. The van der Waals surface area contributed by atoms with Gasteiger partial charge in [0.05, 0.1) is 0 Å². The quantitative estimate of drug-likeness (QED) is 0.702. The summed E-state index contributed by atoms with van der Waals surface area (Å²) in [5.74, 6) is 1.40. The van der Waals surface area contributed by atoms with Gasteiger partial charge >= 0.3 is 0 Å². The van der Waals surface area contributed by atoms with Crippen LogP contribution in [0.2, 0.25) is 0 Å². The number of carbonyl (C=O) groups excluding carboxylic acids is 1. The first-order valence-corrected chi connectivity index (χ1v) is 5.33. The smallest absolute Gasteiger partial charge is 0.219 e. The molecule has 0 aromatic rings. The molecule has 84 valence electrons. The van der Waals surface area contributed by atoms with E-state index in [4.69, 9.17) is 0 Å². The van der Waals surface area contributed by atoms with Crippen molar-refractivity contribution in [2.45, 2.75) is 27.2 Å². The van der Waals surface area contributed by atoms with E-state index in [-0.39, 0.29) is 5.91 Å². The van der Waals surface area contributed by atoms with Crippen LogP contribution in [0, 0.1) is 11.8 Å². The molecule has 0 radical (unpaired) electrons. The van der Waals surface area contributed by atoms with Gasteiger partial charge < -0.3 is 10.2 Å². The van der Waals surface area contributed by atoms with E-state index in [1.165, 1.54) is 6.42 Å². The van der Waals surface area contributed by atoms with Crippen LogP contribution in [0.25, 0.3) is 0 Å². The third-order valence-electron chi connectivity index (χ3n) is 2.48. The van der Waals surface area contributed by atoms with E-state index < -0.39 is 0 Å². The topological polar surface area (TPSA) is 32.3 Å². The molecule has 0 saturated heterocycles. The van der Waals surface area contributed by atoms with Crippen LogP contribution >= 0.6 is 0 Å². The Bertz CT molecular complexity index is 171. The van der Waals surface area contributed by atoms with Crippen molar-refractivity contribution in [1.82, 2.24) is 10.2 Å². The van der Waals surface area contributed by atoms with Crippen LogP contribution in [-0.4, -0.2) is 38.0 Å². The molecule has 0 fully saturated rings. The maximum absolute atomic E-state index is 11.0. The highest BCUT2D eigenvalue weighted by molar-refractivity contribution is 5.72. The van der Waals surface area contributed by atoms with Crippen LogP contribution in [0.5, 0.6) is 0 Å². The number of carbonyl (C=O) groups is 1. The Morgan fingerprint density at radius 2 is 1.93 bits per heavy atom. The molecule has 2 unspecified atom stereocenters. The van der Waals surface area contributed by atoms with Crippen molar-refractivity contribution in [1.29, 1.82) is 0 Å². The summed E-state index contributed by atoms with van der Waals surface area (Å²) in [5, 5.41) is 3.17. The summed E-state index contributed by atoms with van der Waals surface area (Å²) < 4.78 is 0. The van der Waals surface area contributed by atoms with Gasteiger partial charge in [-0.2, -0.15) is 0 Å². The fourth-order valence-corrected chi connectivity index (χ4v) is 1.79. The Morgan fingerprint density at radius 3 is 2.36 bits per heavy atom. The lowest BCUT2D eigenvalue weighted by atomic mass is 9.97. The van der Waals surface area contributed by atoms with Crippen LogP contribution in [0.3, 0.4) is 0 Å². The molecule has 0 aromatic heterocycles. The van der Waals surface area contributed by atoms with E-state index in [1.54, 1.807) is 11.8 Å². The molecular formula is C11H24N2O. The summed E-state index contributed by atoms with van der Waals surface area (Å²) in [6.45, 7) is 7.97. The molecule has 0 saturated carbocycles. The average molecular weight is 200 g/mol. The van der Waals surface area contributed by atoms with Crippen LogP contribution in [0.15, 0.2) is 0 Å². The molecule has 3 nitrogen and oxygen atoms in total. The summed E-state index contributed by atoms with van der Waals surface area (Å²) >= 11 is 0. The van der Waals surface area contributed by atoms with Crippen LogP contribution in [0.1, 0.15) is 27.2 Å². The lowest BCUT2D eigenvalue weighted by molar-refractivity contribution is -0.128. The monoisotopic (exact) mass is 200 g/mol. The van der Waals surface area contributed by atoms with Crippen LogP contribution in [-0.2, 0) is 4.79 Å². The zero-order chi connectivity index (χ0) is 11.1. The summed E-state index contributed by atoms with van der Waals surface area (Å²) in [6.07, 6.45) is 1.17. The first kappa shape index (κ1) is 13.4. The van der Waals surface area contributed by atoms with E-state index in [2.05, 4.69) is 19.2 Å². The molecule has 0 heterocycles. The molecule has 0 aromatic carbocycles. The van der Waals surface area contributed by atoms with Crippen LogP contribution in [0.4, 0.5) is 0 Å². The number of nitrogens with one attached hydrogen (secondary N) is 1. The number of nitrogens with zero attached hydrogens (tertiary/aromatic N) is 1. The van der Waals surface area contributed by atoms with Gasteiger partial charge in [-0.05, 0) is 31.8 Å². The van der Waals surface area contributed by atoms with E-state index in [9.17, 15) is 4.79 Å². The summed E-state index contributed by atoms with van der Waals surface area (Å²) in [4.78, 5) is 12.8. The molecule has 3 heteroatoms. The van der Waals surface area contributed by atoms with Gasteiger partial charge in [-0.1, -0.05) is 13.8 Å². The maximum Gasteiger partial charge on any atom is 0.219 e. The molecule has 14 heavy (non-hydrogen) atoms. The van der Waals surface area contributed by atoms with E-state index in [0.717, 1.165) is 13.1 Å². The van der Waals surface area contributed by atoms with Crippen molar-refractivity contribution in [2.75, 3.05) is 27.2 Å². The van der Waals surface area contributed by atoms with Gasteiger partial charge in [0, 0.05) is 20.5 Å². The molecule has 1 N–H and O–H groups in total. The Kier molecular flexibility index (Phi) is 6.54. The molecular weight excluding hydrogens is 176 g/mol. The summed E-state index contributed by atoms with van der Waals surface area (Å²) in [6, 6.07) is 0. The Labute approximate surface area is 87.9 Å². The van der Waals surface area contributed by atoms with Crippen molar-refractivity contribution in [3.05, 3.63) is 0 Å². The number of hydrogen-bond donors (Lipinski definition) is 1. The standard InChI is InChI=1S/C11H24N2O/c1-9(7-12-4)6-10(2)8-13(5)11(3)14/h9-10,12H,6-8H2,1-5H3. The fourth-order valence-electron chi connectivity index (χ4n) is 1.79. The predicted molar refractivity (Wildman–Crippen MR) is 60.2 cm³/mol. The first-order valence-electron chi connectivity index (χ1n) is 5.33. The Morgan fingerprint density at radius 1 is 1.36 bits per heavy atom. The highest BCUT2D eigenvalue weighted by atomic mass is 16.2. The molecule has 2 atom stereocenters. The third-order valence-corrected chi connectivity index (χ3v) is 2.48. The zero-order valence-corrected chi connectivity index (χ0v) is 10.1. The van der Waals surface area contributed by atoms with E-state index in [0.29, 0.717) is 11.8 Å². The molecule has 0 bridgehead atoms. The lowest BCUT2D eigenvalue weighted by Gasteiger charge is -2.22. The highest BCUT2D eigenvalue weighted by Crippen LogP contribution is 2.11. The second-order valence-corrected chi connectivity index (χ2v) is 4.40. The average Bonchev–Trinajstić information content (AvgIpc) is 2.03. The fraction of sp³-hybridized carbons (Fsp3) is 0.909. The second-order valence-electron chi connectivity index (χ2n) is 4.40. The second kappa shape index (κ2) is 6.82. The highest BCUT2D eigenvalue weighted by Gasteiger charge is 2.11. The molecule has 1 amide bonds. The number of amides is 1. The normalized spacial score (nSPS) is 14.9. The minimum atomic E-state index is 0.151. The van der Waals surface area contributed by atoms with Crippen molar-refractivity contribution in [2.24, 2.45) is 11.8 Å². The Hall–Kier alpha value is -0.570. The largest absolute Gasteiger partial charge is 0.346 e. The van der Waals surface area contributed by atoms with Gasteiger partial charge in [0.25, 0.3) is 0 Å². The third kappa shape index (κ3) is 5.97. The van der Waals surface area contributed by atoms with Gasteiger partial charge in [0.15, 0.2) is 0 Å². The van der Waals surface area contributed by atoms with Gasteiger partial charge in [-0.25, -0.2) is 0 Å². The van der Waals surface area contributed by atoms with E-state index >= 15 is 0 Å². The van der Waals surface area contributed by atoms with Crippen molar-refractivity contribution < 1.29 is 4.79 Å². The van der Waals surface area contributed by atoms with Gasteiger partial charge in [0.2, 0.25) is 5.91 Å². The van der Waals surface area contributed by atoms with Crippen molar-refractivity contribution in [3.63, 3.8) is 0 Å². The minimum absolute atomic E-state index is 0.151. The van der Waals surface area contributed by atoms with Gasteiger partial charge in [0.1, 0.15) is 0 Å². The summed E-state index contributed by atoms with van der Waals surface area (Å²) in [7, 11) is 3.84. The van der Waals surface area contributed by atoms with E-state index in [1.807, 2.05) is 14.1 Å². The molecule has 0 rings (SSSR count). The molecule has 0 aliphatic carbocycles. The molecule has 0 spiro atoms. The number of hydrogen-bond acceptors (Lipinski definition) is 2. The van der Waals surface area contributed by atoms with Gasteiger partial charge in [-0.15, -0.1) is 0 Å². The summed E-state index contributed by atoms with van der Waals surface area (Å²) in [5.41, 5.74) is 0. The molecule has 0 aliphatic heterocycles. The van der Waals surface area contributed by atoms with Crippen molar-refractivity contribution >= 4 is 5.91 Å². The molecule has 0 aliphatic rings. The maximum atomic E-state index is 11.0. The Balaban J connectivity index is 3.74. The predicted octanol–water partition coefficient (Wildman–Crippen LogP) is 1.35. The zero-order valence-electron chi connectivity index (χ0n) is 10.1. The SMILES string of the molecule is CNCC(C)CC(C)CN(C)C(C)=O. The van der Waals surface area contributed by atoms with Crippen LogP contribution < -0.4 is 5.32 Å². The van der Waals surface area contributed by atoms with Crippen molar-refractivity contribution in [3.8, 4) is 0 Å². The lowest BCUT2D eigenvalue weighted by Crippen LogP contribution is -2.30. The van der Waals surface area contributed by atoms with Gasteiger partial charge in [-0.3, -0.25) is 4.79 Å². The minimum Gasteiger partial charge on any atom is -0.346 e. The number of rotatable bonds is 6.